The van der Waals surface area contributed by atoms with E-state index in [0.29, 0.717) is 31.1 Å². The summed E-state index contributed by atoms with van der Waals surface area (Å²) in [4.78, 5) is 14.0. The highest BCUT2D eigenvalue weighted by molar-refractivity contribution is 6.31. The Bertz CT molecular complexity index is 494. The van der Waals surface area contributed by atoms with Gasteiger partial charge in [-0.2, -0.15) is 0 Å². The van der Waals surface area contributed by atoms with Crippen molar-refractivity contribution in [2.24, 2.45) is 0 Å². The number of nitrogens with zero attached hydrogens (tertiary/aromatic N) is 1. The minimum absolute atomic E-state index is 0.0326. The molecule has 1 amide bonds. The minimum atomic E-state index is -0.735. The standard InChI is InChI=1S/C14H17ClFNO2/c1-3-19-14(2)6-7-17(13(14)18)9-10-4-5-11(16)8-12(10)15/h4-5,8H,3,6-7,9H2,1-2H3. The first kappa shape index (κ1) is 14.3. The summed E-state index contributed by atoms with van der Waals surface area (Å²) in [7, 11) is 0. The van der Waals surface area contributed by atoms with Gasteiger partial charge in [0.05, 0.1) is 0 Å². The van der Waals surface area contributed by atoms with Crippen LogP contribution in [0.1, 0.15) is 25.8 Å². The molecule has 1 aliphatic rings. The number of carbonyl (C=O) groups excluding carboxylic acids is 1. The molecule has 104 valence electrons. The normalized spacial score (nSPS) is 23.2. The Hall–Kier alpha value is -1.13. The van der Waals surface area contributed by atoms with Crippen LogP contribution in [-0.4, -0.2) is 29.6 Å². The van der Waals surface area contributed by atoms with E-state index in [9.17, 15) is 9.18 Å². The monoisotopic (exact) mass is 285 g/mol. The van der Waals surface area contributed by atoms with Crippen molar-refractivity contribution in [3.8, 4) is 0 Å². The smallest absolute Gasteiger partial charge is 0.254 e. The van der Waals surface area contributed by atoms with E-state index in [0.717, 1.165) is 5.56 Å². The van der Waals surface area contributed by atoms with Crippen LogP contribution in [0.25, 0.3) is 0 Å². The van der Waals surface area contributed by atoms with E-state index in [4.69, 9.17) is 16.3 Å². The molecule has 1 aliphatic heterocycles. The first-order valence-electron chi connectivity index (χ1n) is 6.33. The summed E-state index contributed by atoms with van der Waals surface area (Å²) in [5.74, 6) is -0.407. The van der Waals surface area contributed by atoms with Crippen molar-refractivity contribution in [2.75, 3.05) is 13.2 Å². The summed E-state index contributed by atoms with van der Waals surface area (Å²) >= 11 is 5.98. The van der Waals surface area contributed by atoms with E-state index in [1.54, 1.807) is 11.0 Å². The van der Waals surface area contributed by atoms with E-state index >= 15 is 0 Å². The Morgan fingerprint density at radius 1 is 1.53 bits per heavy atom. The third-order valence-corrected chi connectivity index (χ3v) is 3.79. The van der Waals surface area contributed by atoms with Gasteiger partial charge in [-0.1, -0.05) is 17.7 Å². The van der Waals surface area contributed by atoms with Gasteiger partial charge in [-0.25, -0.2) is 4.39 Å². The van der Waals surface area contributed by atoms with E-state index < -0.39 is 5.60 Å². The fraction of sp³-hybridized carbons (Fsp3) is 0.500. The second-order valence-electron chi connectivity index (χ2n) is 4.88. The summed E-state index contributed by atoms with van der Waals surface area (Å²) in [5, 5.41) is 0.345. The van der Waals surface area contributed by atoms with Crippen LogP contribution in [0, 0.1) is 5.82 Å². The maximum atomic E-state index is 13.0. The number of benzene rings is 1. The van der Waals surface area contributed by atoms with Crippen LogP contribution in [0.2, 0.25) is 5.02 Å². The van der Waals surface area contributed by atoms with Crippen molar-refractivity contribution in [2.45, 2.75) is 32.4 Å². The Kier molecular flexibility index (Phi) is 4.11. The average Bonchev–Trinajstić information content (AvgIpc) is 2.61. The van der Waals surface area contributed by atoms with Crippen molar-refractivity contribution < 1.29 is 13.9 Å². The zero-order valence-electron chi connectivity index (χ0n) is 11.1. The molecular weight excluding hydrogens is 269 g/mol. The van der Waals surface area contributed by atoms with Crippen LogP contribution in [0.4, 0.5) is 4.39 Å². The molecule has 2 rings (SSSR count). The number of ether oxygens (including phenoxy) is 1. The predicted molar refractivity (Wildman–Crippen MR) is 71.5 cm³/mol. The SMILES string of the molecule is CCOC1(C)CCN(Cc2ccc(F)cc2Cl)C1=O. The molecule has 1 unspecified atom stereocenters. The summed E-state index contributed by atoms with van der Waals surface area (Å²) in [5.41, 5.74) is 0.0125. The Labute approximate surface area is 117 Å². The second kappa shape index (κ2) is 5.47. The van der Waals surface area contributed by atoms with Crippen LogP contribution in [0.5, 0.6) is 0 Å². The van der Waals surface area contributed by atoms with Crippen LogP contribution in [0.15, 0.2) is 18.2 Å². The minimum Gasteiger partial charge on any atom is -0.366 e. The summed E-state index contributed by atoms with van der Waals surface area (Å²) in [6, 6.07) is 4.23. The lowest BCUT2D eigenvalue weighted by atomic mass is 10.1. The molecular formula is C14H17ClFNO2. The van der Waals surface area contributed by atoms with Gasteiger partial charge in [-0.05, 0) is 31.5 Å². The first-order valence-corrected chi connectivity index (χ1v) is 6.71. The molecule has 1 saturated heterocycles. The van der Waals surface area contributed by atoms with Gasteiger partial charge in [-0.15, -0.1) is 0 Å². The van der Waals surface area contributed by atoms with Crippen molar-refractivity contribution >= 4 is 17.5 Å². The predicted octanol–water partition coefficient (Wildman–Crippen LogP) is 3.01. The molecule has 0 aromatic heterocycles. The quantitative estimate of drug-likeness (QED) is 0.851. The number of hydrogen-bond acceptors (Lipinski definition) is 2. The Morgan fingerprint density at radius 2 is 2.26 bits per heavy atom. The molecule has 1 atom stereocenters. The number of halogens is 2. The fourth-order valence-corrected chi connectivity index (χ4v) is 2.58. The van der Waals surface area contributed by atoms with Gasteiger partial charge in [0.2, 0.25) is 0 Å². The van der Waals surface area contributed by atoms with Crippen molar-refractivity contribution in [1.82, 2.24) is 4.90 Å². The second-order valence-corrected chi connectivity index (χ2v) is 5.28. The molecule has 0 bridgehead atoms. The summed E-state index contributed by atoms with van der Waals surface area (Å²) in [6.07, 6.45) is 0.665. The molecule has 1 aromatic carbocycles. The van der Waals surface area contributed by atoms with Crippen molar-refractivity contribution in [3.63, 3.8) is 0 Å². The molecule has 5 heteroatoms. The zero-order valence-corrected chi connectivity index (χ0v) is 11.8. The van der Waals surface area contributed by atoms with Gasteiger partial charge in [-0.3, -0.25) is 4.79 Å². The fourth-order valence-electron chi connectivity index (χ4n) is 2.35. The third-order valence-electron chi connectivity index (χ3n) is 3.44. The van der Waals surface area contributed by atoms with Crippen LogP contribution in [-0.2, 0) is 16.1 Å². The lowest BCUT2D eigenvalue weighted by molar-refractivity contribution is -0.147. The molecule has 0 spiro atoms. The number of rotatable bonds is 4. The third kappa shape index (κ3) is 2.90. The number of carbonyl (C=O) groups is 1. The number of likely N-dealkylation sites (tertiary alicyclic amines) is 1. The highest BCUT2D eigenvalue weighted by Gasteiger charge is 2.43. The van der Waals surface area contributed by atoms with Gasteiger partial charge >= 0.3 is 0 Å². The lowest BCUT2D eigenvalue weighted by Gasteiger charge is -2.23. The maximum absolute atomic E-state index is 13.0. The van der Waals surface area contributed by atoms with Crippen LogP contribution >= 0.6 is 11.6 Å². The molecule has 1 heterocycles. The van der Waals surface area contributed by atoms with Crippen molar-refractivity contribution in [3.05, 3.63) is 34.6 Å². The molecule has 0 saturated carbocycles. The molecule has 1 fully saturated rings. The average molecular weight is 286 g/mol. The van der Waals surface area contributed by atoms with Crippen molar-refractivity contribution in [1.29, 1.82) is 0 Å². The summed E-state index contributed by atoms with van der Waals surface area (Å²) < 4.78 is 18.5. The lowest BCUT2D eigenvalue weighted by Crippen LogP contribution is -2.39. The highest BCUT2D eigenvalue weighted by Crippen LogP contribution is 2.29. The topological polar surface area (TPSA) is 29.5 Å². The van der Waals surface area contributed by atoms with Gasteiger partial charge in [0, 0.05) is 31.1 Å². The van der Waals surface area contributed by atoms with Gasteiger partial charge in [0.1, 0.15) is 11.4 Å². The van der Waals surface area contributed by atoms with Crippen LogP contribution in [0.3, 0.4) is 0 Å². The molecule has 1 aromatic rings. The molecule has 0 N–H and O–H groups in total. The van der Waals surface area contributed by atoms with Gasteiger partial charge in [0.25, 0.3) is 5.91 Å². The largest absolute Gasteiger partial charge is 0.366 e. The van der Waals surface area contributed by atoms with Gasteiger partial charge < -0.3 is 9.64 Å². The number of hydrogen-bond donors (Lipinski definition) is 0. The van der Waals surface area contributed by atoms with E-state index in [1.165, 1.54) is 12.1 Å². The van der Waals surface area contributed by atoms with Crippen LogP contribution < -0.4 is 0 Å². The first-order chi connectivity index (χ1) is 8.96. The maximum Gasteiger partial charge on any atom is 0.254 e. The number of amides is 1. The molecule has 3 nitrogen and oxygen atoms in total. The van der Waals surface area contributed by atoms with E-state index in [2.05, 4.69) is 0 Å². The molecule has 0 radical (unpaired) electrons. The van der Waals surface area contributed by atoms with Gasteiger partial charge in [0.15, 0.2) is 0 Å². The molecule has 0 aliphatic carbocycles. The Balaban J connectivity index is 2.11. The van der Waals surface area contributed by atoms with E-state index in [-0.39, 0.29) is 11.7 Å². The molecule has 19 heavy (non-hydrogen) atoms. The zero-order chi connectivity index (χ0) is 14.0. The summed E-state index contributed by atoms with van der Waals surface area (Å²) in [6.45, 7) is 5.21. The Morgan fingerprint density at radius 3 is 2.89 bits per heavy atom. The highest BCUT2D eigenvalue weighted by atomic mass is 35.5. The van der Waals surface area contributed by atoms with E-state index in [1.807, 2.05) is 13.8 Å².